The third-order valence-electron chi connectivity index (χ3n) is 3.82. The molecule has 2 atom stereocenters. The first-order chi connectivity index (χ1) is 11.7. The number of carbonyl (C=O) groups excluding carboxylic acids is 1. The monoisotopic (exact) mass is 331 g/mol. The number of hydrogen-bond donors (Lipinski definition) is 2. The molecule has 3 N–H and O–H groups in total. The number of nitrogens with one attached hydrogen (secondary N) is 1. The smallest absolute Gasteiger partial charge is 0.253 e. The summed E-state index contributed by atoms with van der Waals surface area (Å²) in [6.45, 7) is 1.51. The Hall–Kier alpha value is -2.45. The van der Waals surface area contributed by atoms with Gasteiger partial charge in [-0.1, -0.05) is 6.07 Å². The Kier molecular flexibility index (Phi) is 5.39. The van der Waals surface area contributed by atoms with Crippen LogP contribution in [0.5, 0.6) is 5.75 Å². The zero-order valence-corrected chi connectivity index (χ0v) is 13.3. The lowest BCUT2D eigenvalue weighted by Gasteiger charge is -2.13. The maximum atomic E-state index is 12.2. The molecule has 1 aliphatic rings. The van der Waals surface area contributed by atoms with Crippen molar-refractivity contribution >= 4 is 11.6 Å². The summed E-state index contributed by atoms with van der Waals surface area (Å²) in [5.41, 5.74) is 6.25. The van der Waals surface area contributed by atoms with E-state index in [4.69, 9.17) is 15.2 Å². The highest BCUT2D eigenvalue weighted by atomic mass is 16.5. The van der Waals surface area contributed by atoms with Crippen LogP contribution in [0.25, 0.3) is 0 Å². The Morgan fingerprint density at radius 2 is 2.38 bits per heavy atom. The van der Waals surface area contributed by atoms with Gasteiger partial charge in [-0.05, 0) is 25.0 Å². The van der Waals surface area contributed by atoms with Crippen molar-refractivity contribution in [1.29, 1.82) is 0 Å². The van der Waals surface area contributed by atoms with E-state index in [1.54, 1.807) is 17.1 Å². The quantitative estimate of drug-likeness (QED) is 0.778. The van der Waals surface area contributed by atoms with Crippen LogP contribution >= 0.6 is 0 Å². The van der Waals surface area contributed by atoms with Crippen molar-refractivity contribution in [3.8, 4) is 5.75 Å². The molecule has 0 spiro atoms. The minimum Gasteiger partial charge on any atom is -0.492 e. The molecule has 0 aliphatic carbocycles. The van der Waals surface area contributed by atoms with Crippen LogP contribution in [-0.2, 0) is 16.1 Å². The summed E-state index contributed by atoms with van der Waals surface area (Å²) in [5.74, 6) is 0.533. The van der Waals surface area contributed by atoms with E-state index < -0.39 is 6.10 Å². The largest absolute Gasteiger partial charge is 0.492 e. The molecule has 0 unspecified atom stereocenters. The van der Waals surface area contributed by atoms with Gasteiger partial charge in [0, 0.05) is 18.3 Å². The Morgan fingerprint density at radius 1 is 1.46 bits per heavy atom. The highest BCUT2D eigenvalue weighted by Crippen LogP contribution is 2.22. The molecule has 1 fully saturated rings. The summed E-state index contributed by atoms with van der Waals surface area (Å²) >= 11 is 0. The Bertz CT molecular complexity index is 661. The van der Waals surface area contributed by atoms with Gasteiger partial charge in [0.15, 0.2) is 0 Å². The Balaban J connectivity index is 1.50. The van der Waals surface area contributed by atoms with E-state index in [0.717, 1.165) is 6.42 Å². The minimum atomic E-state index is -0.435. The molecular weight excluding hydrogens is 310 g/mol. The van der Waals surface area contributed by atoms with Gasteiger partial charge in [0.1, 0.15) is 31.1 Å². The molecule has 1 amide bonds. The lowest BCUT2D eigenvalue weighted by molar-refractivity contribution is -0.126. The number of rotatable bonds is 7. The maximum absolute atomic E-state index is 12.2. The van der Waals surface area contributed by atoms with Crippen molar-refractivity contribution < 1.29 is 14.3 Å². The van der Waals surface area contributed by atoms with Crippen LogP contribution in [0.4, 0.5) is 5.69 Å². The van der Waals surface area contributed by atoms with E-state index in [1.165, 1.54) is 6.33 Å². The third kappa shape index (κ3) is 4.30. The number of carbonyl (C=O) groups is 1. The summed E-state index contributed by atoms with van der Waals surface area (Å²) in [4.78, 5) is 16.1. The molecule has 8 nitrogen and oxygen atoms in total. The number of hydrogen-bond acceptors (Lipinski definition) is 6. The van der Waals surface area contributed by atoms with E-state index >= 15 is 0 Å². The fourth-order valence-corrected chi connectivity index (χ4v) is 2.56. The lowest BCUT2D eigenvalue weighted by Crippen LogP contribution is -2.29. The van der Waals surface area contributed by atoms with Gasteiger partial charge in [0.2, 0.25) is 0 Å². The Morgan fingerprint density at radius 3 is 3.12 bits per heavy atom. The normalized spacial score (nSPS) is 20.0. The fraction of sp³-hybridized carbons (Fsp3) is 0.438. The molecule has 2 heterocycles. The van der Waals surface area contributed by atoms with Crippen molar-refractivity contribution in [3.63, 3.8) is 0 Å². The lowest BCUT2D eigenvalue weighted by atomic mass is 10.2. The molecule has 24 heavy (non-hydrogen) atoms. The zero-order valence-electron chi connectivity index (χ0n) is 13.3. The van der Waals surface area contributed by atoms with Crippen LogP contribution in [0.2, 0.25) is 0 Å². The molecule has 0 saturated carbocycles. The van der Waals surface area contributed by atoms with Gasteiger partial charge in [-0.2, -0.15) is 5.10 Å². The van der Waals surface area contributed by atoms with Gasteiger partial charge < -0.3 is 20.5 Å². The number of amides is 1. The fourth-order valence-electron chi connectivity index (χ4n) is 2.56. The van der Waals surface area contributed by atoms with Crippen LogP contribution in [-0.4, -0.2) is 46.0 Å². The van der Waals surface area contributed by atoms with Crippen molar-refractivity contribution in [2.75, 3.05) is 18.5 Å². The molecule has 1 saturated heterocycles. The third-order valence-corrected chi connectivity index (χ3v) is 3.82. The molecule has 1 aliphatic heterocycles. The van der Waals surface area contributed by atoms with E-state index in [9.17, 15) is 4.79 Å². The van der Waals surface area contributed by atoms with Gasteiger partial charge >= 0.3 is 0 Å². The second-order valence-electron chi connectivity index (χ2n) is 5.58. The van der Waals surface area contributed by atoms with Crippen molar-refractivity contribution in [3.05, 3.63) is 36.9 Å². The van der Waals surface area contributed by atoms with Gasteiger partial charge in [0.25, 0.3) is 5.91 Å². The van der Waals surface area contributed by atoms with Crippen LogP contribution in [0.1, 0.15) is 12.8 Å². The predicted molar refractivity (Wildman–Crippen MR) is 87.5 cm³/mol. The molecule has 8 heteroatoms. The van der Waals surface area contributed by atoms with Crippen LogP contribution < -0.4 is 15.8 Å². The molecule has 128 valence electrons. The average molecular weight is 331 g/mol. The molecule has 0 radical (unpaired) electrons. The second-order valence-corrected chi connectivity index (χ2v) is 5.58. The molecule has 2 aromatic rings. The first-order valence-corrected chi connectivity index (χ1v) is 7.96. The summed E-state index contributed by atoms with van der Waals surface area (Å²) in [7, 11) is 0. The topological polar surface area (TPSA) is 104 Å². The van der Waals surface area contributed by atoms with E-state index in [2.05, 4.69) is 15.4 Å². The number of nitrogens with two attached hydrogens (primary N) is 1. The average Bonchev–Trinajstić information content (AvgIpc) is 3.27. The van der Waals surface area contributed by atoms with Gasteiger partial charge in [-0.25, -0.2) is 9.67 Å². The van der Waals surface area contributed by atoms with E-state index in [1.807, 2.05) is 18.2 Å². The van der Waals surface area contributed by atoms with E-state index in [0.29, 0.717) is 37.6 Å². The number of aromatic nitrogens is 3. The molecular formula is C16H21N5O3. The van der Waals surface area contributed by atoms with Crippen LogP contribution in [0.15, 0.2) is 36.9 Å². The maximum Gasteiger partial charge on any atom is 0.253 e. The number of ether oxygens (including phenoxy) is 2. The van der Waals surface area contributed by atoms with Crippen LogP contribution in [0.3, 0.4) is 0 Å². The highest BCUT2D eigenvalue weighted by Gasteiger charge is 2.29. The molecule has 1 aromatic carbocycles. The van der Waals surface area contributed by atoms with Gasteiger partial charge in [-0.3, -0.25) is 4.79 Å². The van der Waals surface area contributed by atoms with Crippen molar-refractivity contribution in [2.24, 2.45) is 5.73 Å². The number of anilines is 1. The van der Waals surface area contributed by atoms with Crippen molar-refractivity contribution in [2.45, 2.75) is 31.6 Å². The minimum absolute atomic E-state index is 0.0211. The first-order valence-electron chi connectivity index (χ1n) is 7.96. The molecule has 3 rings (SSSR count). The number of benzene rings is 1. The predicted octanol–water partition coefficient (Wildman–Crippen LogP) is 0.802. The van der Waals surface area contributed by atoms with Crippen LogP contribution in [0, 0.1) is 0 Å². The Labute approximate surface area is 140 Å². The SMILES string of the molecule is NC[C@H]1CC[C@@H](C(=O)Nc2cccc(OCCn3cncn3)c2)O1. The summed E-state index contributed by atoms with van der Waals surface area (Å²) in [6, 6.07) is 7.28. The summed E-state index contributed by atoms with van der Waals surface area (Å²) < 4.78 is 13.0. The molecule has 0 bridgehead atoms. The number of nitrogens with zero attached hydrogens (tertiary/aromatic N) is 3. The highest BCUT2D eigenvalue weighted by molar-refractivity contribution is 5.94. The van der Waals surface area contributed by atoms with Gasteiger partial charge in [0.05, 0.1) is 12.6 Å². The summed E-state index contributed by atoms with van der Waals surface area (Å²) in [6.07, 6.45) is 4.18. The zero-order chi connectivity index (χ0) is 16.8. The first kappa shape index (κ1) is 16.4. The standard InChI is InChI=1S/C16H21N5O3/c17-9-14-4-5-15(24-14)16(22)20-12-2-1-3-13(8-12)23-7-6-21-11-18-10-19-21/h1-3,8,10-11,14-15H,4-7,9,17H2,(H,20,22)/t14-,15+/m1/s1. The van der Waals surface area contributed by atoms with Gasteiger partial charge in [-0.15, -0.1) is 0 Å². The summed E-state index contributed by atoms with van der Waals surface area (Å²) in [5, 5.41) is 6.87. The molecule has 1 aromatic heterocycles. The van der Waals surface area contributed by atoms with E-state index in [-0.39, 0.29) is 12.0 Å². The second kappa shape index (κ2) is 7.89. The van der Waals surface area contributed by atoms with Crippen molar-refractivity contribution in [1.82, 2.24) is 14.8 Å².